The standard InChI is InChI=1S/C11H17N3O3/c1-3-7-8(16-2)6-10(17-7)14-5-4-9(12)13-11(14)15/h4-5,7-8,10H,3,6H2,1-2H3,(H2,12,13,15)/t7-,8-,10-/m1/s1. The van der Waals surface area contributed by atoms with Crippen LogP contribution in [0.4, 0.5) is 5.82 Å². The van der Waals surface area contributed by atoms with Gasteiger partial charge in [0.15, 0.2) is 0 Å². The largest absolute Gasteiger partial charge is 0.383 e. The molecular weight excluding hydrogens is 222 g/mol. The second-order valence-electron chi connectivity index (χ2n) is 4.09. The van der Waals surface area contributed by atoms with E-state index in [2.05, 4.69) is 4.98 Å². The molecule has 1 aromatic rings. The first-order chi connectivity index (χ1) is 8.15. The van der Waals surface area contributed by atoms with Crippen molar-refractivity contribution in [3.8, 4) is 0 Å². The number of hydrogen-bond acceptors (Lipinski definition) is 5. The quantitative estimate of drug-likeness (QED) is 0.832. The Labute approximate surface area is 99.4 Å². The highest BCUT2D eigenvalue weighted by atomic mass is 16.6. The number of ether oxygens (including phenoxy) is 2. The molecule has 6 heteroatoms. The Morgan fingerprint density at radius 2 is 2.47 bits per heavy atom. The summed E-state index contributed by atoms with van der Waals surface area (Å²) in [7, 11) is 1.66. The smallest absolute Gasteiger partial charge is 0.351 e. The van der Waals surface area contributed by atoms with E-state index in [4.69, 9.17) is 15.2 Å². The summed E-state index contributed by atoms with van der Waals surface area (Å²) in [5, 5.41) is 0. The number of methoxy groups -OCH3 is 1. The van der Waals surface area contributed by atoms with Gasteiger partial charge in [0.2, 0.25) is 0 Å². The van der Waals surface area contributed by atoms with Crippen LogP contribution in [0.15, 0.2) is 17.1 Å². The van der Waals surface area contributed by atoms with Crippen LogP contribution in [0.25, 0.3) is 0 Å². The summed E-state index contributed by atoms with van der Waals surface area (Å²) in [5.74, 6) is 0.222. The van der Waals surface area contributed by atoms with Gasteiger partial charge in [-0.25, -0.2) is 4.79 Å². The first-order valence-corrected chi connectivity index (χ1v) is 5.68. The zero-order valence-electron chi connectivity index (χ0n) is 10.00. The molecule has 1 fully saturated rings. The average molecular weight is 239 g/mol. The minimum Gasteiger partial charge on any atom is -0.383 e. The Balaban J connectivity index is 2.22. The second-order valence-corrected chi connectivity index (χ2v) is 4.09. The molecule has 0 radical (unpaired) electrons. The van der Waals surface area contributed by atoms with Crippen molar-refractivity contribution in [3.63, 3.8) is 0 Å². The normalized spacial score (nSPS) is 28.5. The minimum absolute atomic E-state index is 0.0226. The lowest BCUT2D eigenvalue weighted by Crippen LogP contribution is -2.27. The molecule has 0 spiro atoms. The number of nitrogens with two attached hydrogens (primary N) is 1. The maximum Gasteiger partial charge on any atom is 0.351 e. The highest BCUT2D eigenvalue weighted by Crippen LogP contribution is 2.30. The average Bonchev–Trinajstić information content (AvgIpc) is 2.72. The van der Waals surface area contributed by atoms with Gasteiger partial charge in [-0.15, -0.1) is 0 Å². The summed E-state index contributed by atoms with van der Waals surface area (Å²) in [6, 6.07) is 1.59. The van der Waals surface area contributed by atoms with E-state index in [1.165, 1.54) is 4.57 Å². The molecule has 17 heavy (non-hydrogen) atoms. The van der Waals surface area contributed by atoms with E-state index < -0.39 is 0 Å². The zero-order valence-corrected chi connectivity index (χ0v) is 10.00. The summed E-state index contributed by atoms with van der Waals surface area (Å²) in [5.41, 5.74) is 5.06. The maximum atomic E-state index is 11.7. The molecule has 2 heterocycles. The van der Waals surface area contributed by atoms with Crippen molar-refractivity contribution in [1.29, 1.82) is 0 Å². The van der Waals surface area contributed by atoms with Crippen molar-refractivity contribution >= 4 is 5.82 Å². The van der Waals surface area contributed by atoms with Gasteiger partial charge in [-0.3, -0.25) is 4.57 Å². The van der Waals surface area contributed by atoms with E-state index in [0.717, 1.165) is 6.42 Å². The highest BCUT2D eigenvalue weighted by molar-refractivity contribution is 5.23. The molecule has 0 bridgehead atoms. The van der Waals surface area contributed by atoms with Gasteiger partial charge in [0.1, 0.15) is 12.0 Å². The minimum atomic E-state index is -0.387. The number of aromatic nitrogens is 2. The van der Waals surface area contributed by atoms with E-state index in [-0.39, 0.29) is 29.9 Å². The summed E-state index contributed by atoms with van der Waals surface area (Å²) < 4.78 is 12.6. The van der Waals surface area contributed by atoms with Crippen molar-refractivity contribution in [3.05, 3.63) is 22.7 Å². The Morgan fingerprint density at radius 1 is 1.71 bits per heavy atom. The maximum absolute atomic E-state index is 11.7. The number of nitrogen functional groups attached to an aromatic ring is 1. The Morgan fingerprint density at radius 3 is 3.00 bits per heavy atom. The molecule has 1 aliphatic rings. The Hall–Kier alpha value is -1.40. The van der Waals surface area contributed by atoms with Crippen LogP contribution in [0.1, 0.15) is 26.0 Å². The predicted octanol–water partition coefficient (Wildman–Crippen LogP) is 0.538. The molecule has 1 aromatic heterocycles. The third-order valence-corrected chi connectivity index (χ3v) is 3.05. The fourth-order valence-electron chi connectivity index (χ4n) is 2.13. The van der Waals surface area contributed by atoms with Crippen molar-refractivity contribution in [2.24, 2.45) is 0 Å². The van der Waals surface area contributed by atoms with Crippen LogP contribution in [-0.2, 0) is 9.47 Å². The molecule has 1 saturated heterocycles. The second kappa shape index (κ2) is 4.85. The van der Waals surface area contributed by atoms with E-state index in [0.29, 0.717) is 6.42 Å². The summed E-state index contributed by atoms with van der Waals surface area (Å²) >= 11 is 0. The lowest BCUT2D eigenvalue weighted by atomic mass is 10.1. The van der Waals surface area contributed by atoms with Crippen LogP contribution >= 0.6 is 0 Å². The third-order valence-electron chi connectivity index (χ3n) is 3.05. The monoisotopic (exact) mass is 239 g/mol. The number of rotatable bonds is 3. The number of nitrogens with zero attached hydrogens (tertiary/aromatic N) is 2. The summed E-state index contributed by atoms with van der Waals surface area (Å²) in [6.07, 6.45) is 2.85. The molecule has 2 rings (SSSR count). The Kier molecular flexibility index (Phi) is 3.44. The lowest BCUT2D eigenvalue weighted by molar-refractivity contribution is -0.0301. The molecule has 0 unspecified atom stereocenters. The topological polar surface area (TPSA) is 79.4 Å². The van der Waals surface area contributed by atoms with Gasteiger partial charge in [0, 0.05) is 19.7 Å². The van der Waals surface area contributed by atoms with Crippen molar-refractivity contribution < 1.29 is 9.47 Å². The lowest BCUT2D eigenvalue weighted by Gasteiger charge is -2.15. The zero-order chi connectivity index (χ0) is 12.4. The van der Waals surface area contributed by atoms with Crippen molar-refractivity contribution in [2.45, 2.75) is 38.2 Å². The SMILES string of the molecule is CC[C@H]1O[C@@H](n2ccc(N)nc2=O)C[C@H]1OC. The number of hydrogen-bond donors (Lipinski definition) is 1. The van der Waals surface area contributed by atoms with Crippen molar-refractivity contribution in [1.82, 2.24) is 9.55 Å². The van der Waals surface area contributed by atoms with Gasteiger partial charge in [-0.2, -0.15) is 4.98 Å². The predicted molar refractivity (Wildman–Crippen MR) is 62.5 cm³/mol. The van der Waals surface area contributed by atoms with E-state index >= 15 is 0 Å². The van der Waals surface area contributed by atoms with Gasteiger partial charge in [0.25, 0.3) is 0 Å². The van der Waals surface area contributed by atoms with Gasteiger partial charge < -0.3 is 15.2 Å². The van der Waals surface area contributed by atoms with Crippen LogP contribution in [0, 0.1) is 0 Å². The van der Waals surface area contributed by atoms with Gasteiger partial charge in [0.05, 0.1) is 12.2 Å². The van der Waals surface area contributed by atoms with E-state index in [9.17, 15) is 4.79 Å². The van der Waals surface area contributed by atoms with Crippen LogP contribution < -0.4 is 11.4 Å². The van der Waals surface area contributed by atoms with E-state index in [1.807, 2.05) is 6.92 Å². The molecule has 2 N–H and O–H groups in total. The van der Waals surface area contributed by atoms with Gasteiger partial charge in [-0.1, -0.05) is 6.92 Å². The molecule has 0 amide bonds. The summed E-state index contributed by atoms with van der Waals surface area (Å²) in [6.45, 7) is 2.03. The Bertz CT molecular complexity index is 434. The van der Waals surface area contributed by atoms with Gasteiger partial charge in [-0.05, 0) is 12.5 Å². The molecule has 94 valence electrons. The van der Waals surface area contributed by atoms with E-state index in [1.54, 1.807) is 19.4 Å². The fraction of sp³-hybridized carbons (Fsp3) is 0.636. The van der Waals surface area contributed by atoms with Crippen LogP contribution in [0.2, 0.25) is 0 Å². The van der Waals surface area contributed by atoms with Crippen LogP contribution in [-0.4, -0.2) is 28.9 Å². The molecule has 0 saturated carbocycles. The first-order valence-electron chi connectivity index (χ1n) is 5.68. The third kappa shape index (κ3) is 2.32. The highest BCUT2D eigenvalue weighted by Gasteiger charge is 2.35. The summed E-state index contributed by atoms with van der Waals surface area (Å²) in [4.78, 5) is 15.4. The molecule has 0 aromatic carbocycles. The first kappa shape index (κ1) is 12.1. The molecule has 0 aliphatic carbocycles. The molecular formula is C11H17N3O3. The van der Waals surface area contributed by atoms with Gasteiger partial charge >= 0.3 is 5.69 Å². The van der Waals surface area contributed by atoms with Crippen LogP contribution in [0.3, 0.4) is 0 Å². The fourth-order valence-corrected chi connectivity index (χ4v) is 2.13. The molecule has 6 nitrogen and oxygen atoms in total. The molecule has 1 aliphatic heterocycles. The molecule has 3 atom stereocenters. The van der Waals surface area contributed by atoms with Crippen LogP contribution in [0.5, 0.6) is 0 Å². The van der Waals surface area contributed by atoms with Crippen molar-refractivity contribution in [2.75, 3.05) is 12.8 Å². The number of anilines is 1.